The molecule has 0 bridgehead atoms. The molecular weight excluding hydrogens is 179 g/mol. The van der Waals surface area contributed by atoms with Crippen molar-refractivity contribution >= 4 is 7.60 Å². The van der Waals surface area contributed by atoms with E-state index in [-0.39, 0.29) is 0 Å². The Balaban J connectivity index is 2.41. The molecule has 2 unspecified atom stereocenters. The summed E-state index contributed by atoms with van der Waals surface area (Å²) >= 11 is 0. The van der Waals surface area contributed by atoms with Gasteiger partial charge < -0.3 is 14.5 Å². The van der Waals surface area contributed by atoms with Crippen LogP contribution in [0.25, 0.3) is 0 Å². The van der Waals surface area contributed by atoms with Crippen LogP contribution in [0.1, 0.15) is 19.3 Å². The summed E-state index contributed by atoms with van der Waals surface area (Å²) in [5.41, 5.74) is -0.419. The molecule has 0 aromatic rings. The third kappa shape index (κ3) is 2.56. The molecule has 2 atom stereocenters. The molecule has 1 saturated carbocycles. The Hall–Kier alpha value is 0.110. The van der Waals surface area contributed by atoms with Gasteiger partial charge >= 0.3 is 7.60 Å². The van der Waals surface area contributed by atoms with Gasteiger partial charge in [0.05, 0.1) is 5.66 Å². The Labute approximate surface area is 72.1 Å². The molecule has 0 radical (unpaired) electrons. The summed E-state index contributed by atoms with van der Waals surface area (Å²) < 4.78 is 15.8. The van der Waals surface area contributed by atoms with E-state index in [9.17, 15) is 4.57 Å². The van der Waals surface area contributed by atoms with Crippen molar-refractivity contribution in [1.82, 2.24) is 0 Å². The van der Waals surface area contributed by atoms with E-state index in [1.807, 2.05) is 0 Å². The van der Waals surface area contributed by atoms with Crippen LogP contribution < -0.4 is 0 Å². The van der Waals surface area contributed by atoms with Crippen LogP contribution >= 0.6 is 7.60 Å². The first-order chi connectivity index (χ1) is 5.54. The molecule has 0 heterocycles. The minimum Gasteiger partial charge on any atom is -0.384 e. The lowest BCUT2D eigenvalue weighted by Gasteiger charge is -2.11. The van der Waals surface area contributed by atoms with E-state index in [1.165, 1.54) is 0 Å². The number of rotatable bonds is 3. The highest BCUT2D eigenvalue weighted by molar-refractivity contribution is 7.52. The van der Waals surface area contributed by atoms with E-state index < -0.39 is 13.3 Å². The van der Waals surface area contributed by atoms with E-state index in [0.29, 0.717) is 25.4 Å². The van der Waals surface area contributed by atoms with Crippen LogP contribution in [0.5, 0.6) is 0 Å². The molecule has 12 heavy (non-hydrogen) atoms. The van der Waals surface area contributed by atoms with Crippen molar-refractivity contribution in [3.05, 3.63) is 0 Å². The molecule has 0 saturated heterocycles. The van der Waals surface area contributed by atoms with Gasteiger partial charge in [0, 0.05) is 13.7 Å². The molecule has 72 valence electrons. The molecule has 4 nitrogen and oxygen atoms in total. The first kappa shape index (κ1) is 10.2. The Morgan fingerprint density at radius 2 is 2.17 bits per heavy atom. The third-order valence-corrected chi connectivity index (χ3v) is 3.81. The summed E-state index contributed by atoms with van der Waals surface area (Å²) in [4.78, 5) is 17.7. The fourth-order valence-corrected chi connectivity index (χ4v) is 2.80. The maximum absolute atomic E-state index is 10.8. The standard InChI is InChI=1S/C7H15O4P/c1-11-5-6-2-3-7(4-6)12(8,9)10/h6-7H,2-5H2,1H3,(H2,8,9,10). The summed E-state index contributed by atoms with van der Waals surface area (Å²) in [6.07, 6.45) is 2.13. The molecular formula is C7H15O4P. The Morgan fingerprint density at radius 1 is 1.50 bits per heavy atom. The minimum atomic E-state index is -3.83. The topological polar surface area (TPSA) is 66.8 Å². The van der Waals surface area contributed by atoms with Crippen molar-refractivity contribution in [2.24, 2.45) is 5.92 Å². The van der Waals surface area contributed by atoms with Gasteiger partial charge in [-0.1, -0.05) is 0 Å². The SMILES string of the molecule is COCC1CCC(P(=O)(O)O)C1. The second-order valence-corrected chi connectivity index (χ2v) is 5.29. The van der Waals surface area contributed by atoms with Crippen LogP contribution in [-0.4, -0.2) is 29.2 Å². The maximum Gasteiger partial charge on any atom is 0.328 e. The van der Waals surface area contributed by atoms with E-state index in [1.54, 1.807) is 7.11 Å². The second kappa shape index (κ2) is 3.88. The average Bonchev–Trinajstić information content (AvgIpc) is 2.35. The quantitative estimate of drug-likeness (QED) is 0.657. The van der Waals surface area contributed by atoms with Gasteiger partial charge in [-0.05, 0) is 25.2 Å². The van der Waals surface area contributed by atoms with Gasteiger partial charge in [-0.25, -0.2) is 0 Å². The molecule has 1 aliphatic carbocycles. The van der Waals surface area contributed by atoms with Gasteiger partial charge in [0.15, 0.2) is 0 Å². The van der Waals surface area contributed by atoms with Crippen LogP contribution in [0.2, 0.25) is 0 Å². The fraction of sp³-hybridized carbons (Fsp3) is 1.00. The molecule has 0 amide bonds. The fourth-order valence-electron chi connectivity index (χ4n) is 1.74. The van der Waals surface area contributed by atoms with Crippen molar-refractivity contribution in [3.63, 3.8) is 0 Å². The molecule has 1 fully saturated rings. The molecule has 0 aromatic heterocycles. The summed E-state index contributed by atoms with van der Waals surface area (Å²) in [6, 6.07) is 0. The van der Waals surface area contributed by atoms with Gasteiger partial charge in [0.25, 0.3) is 0 Å². The van der Waals surface area contributed by atoms with Crippen molar-refractivity contribution in [3.8, 4) is 0 Å². The largest absolute Gasteiger partial charge is 0.384 e. The lowest BCUT2D eigenvalue weighted by molar-refractivity contribution is 0.155. The minimum absolute atomic E-state index is 0.340. The first-order valence-corrected chi connectivity index (χ1v) is 5.76. The third-order valence-electron chi connectivity index (χ3n) is 2.39. The highest BCUT2D eigenvalue weighted by atomic mass is 31.2. The zero-order chi connectivity index (χ0) is 9.19. The molecule has 0 spiro atoms. The van der Waals surface area contributed by atoms with E-state index in [0.717, 1.165) is 6.42 Å². The Bertz CT molecular complexity index is 188. The number of methoxy groups -OCH3 is 1. The number of hydrogen-bond donors (Lipinski definition) is 2. The van der Waals surface area contributed by atoms with Gasteiger partial charge in [-0.15, -0.1) is 0 Å². The normalized spacial score (nSPS) is 30.9. The highest BCUT2D eigenvalue weighted by Gasteiger charge is 2.36. The molecule has 5 heteroatoms. The maximum atomic E-state index is 10.8. The second-order valence-electron chi connectivity index (χ2n) is 3.38. The van der Waals surface area contributed by atoms with Gasteiger partial charge in [0.1, 0.15) is 0 Å². The predicted octanol–water partition coefficient (Wildman–Crippen LogP) is 0.979. The molecule has 0 aromatic carbocycles. The smallest absolute Gasteiger partial charge is 0.328 e. The van der Waals surface area contributed by atoms with E-state index in [4.69, 9.17) is 14.5 Å². The molecule has 1 rings (SSSR count). The van der Waals surface area contributed by atoms with Crippen LogP contribution in [0, 0.1) is 5.92 Å². The summed E-state index contributed by atoms with van der Waals surface area (Å²) in [5, 5.41) is 0. The lowest BCUT2D eigenvalue weighted by Crippen LogP contribution is -2.07. The first-order valence-electron chi connectivity index (χ1n) is 4.08. The van der Waals surface area contributed by atoms with Crippen molar-refractivity contribution in [2.75, 3.05) is 13.7 Å². The highest BCUT2D eigenvalue weighted by Crippen LogP contribution is 2.50. The Morgan fingerprint density at radius 3 is 2.58 bits per heavy atom. The van der Waals surface area contributed by atoms with Crippen molar-refractivity contribution < 1.29 is 19.1 Å². The van der Waals surface area contributed by atoms with Crippen LogP contribution in [0.15, 0.2) is 0 Å². The van der Waals surface area contributed by atoms with Gasteiger partial charge in [-0.3, -0.25) is 4.57 Å². The van der Waals surface area contributed by atoms with Crippen LogP contribution in [0.3, 0.4) is 0 Å². The zero-order valence-corrected chi connectivity index (χ0v) is 8.04. The van der Waals surface area contributed by atoms with Gasteiger partial charge in [-0.2, -0.15) is 0 Å². The van der Waals surface area contributed by atoms with Crippen molar-refractivity contribution in [1.29, 1.82) is 0 Å². The van der Waals surface area contributed by atoms with Crippen LogP contribution in [-0.2, 0) is 9.30 Å². The van der Waals surface area contributed by atoms with E-state index >= 15 is 0 Å². The number of hydrogen-bond acceptors (Lipinski definition) is 2. The number of ether oxygens (including phenoxy) is 1. The summed E-state index contributed by atoms with van der Waals surface area (Å²) in [7, 11) is -2.21. The van der Waals surface area contributed by atoms with Gasteiger partial charge in [0.2, 0.25) is 0 Å². The predicted molar refractivity (Wildman–Crippen MR) is 45.0 cm³/mol. The average molecular weight is 194 g/mol. The van der Waals surface area contributed by atoms with Crippen molar-refractivity contribution in [2.45, 2.75) is 24.9 Å². The van der Waals surface area contributed by atoms with E-state index in [2.05, 4.69) is 0 Å². The summed E-state index contributed by atoms with van der Waals surface area (Å²) in [6.45, 7) is 0.622. The van der Waals surface area contributed by atoms with Crippen LogP contribution in [0.4, 0.5) is 0 Å². The molecule has 2 N–H and O–H groups in total. The zero-order valence-electron chi connectivity index (χ0n) is 7.14. The molecule has 1 aliphatic rings. The monoisotopic (exact) mass is 194 g/mol. The lowest BCUT2D eigenvalue weighted by atomic mass is 10.1. The summed E-state index contributed by atoms with van der Waals surface area (Å²) in [5.74, 6) is 0.340. The molecule has 0 aliphatic heterocycles. The Kier molecular flexibility index (Phi) is 3.29.